The molecule has 108 valence electrons. The normalized spacial score (nSPS) is 13.0. The first-order chi connectivity index (χ1) is 10.8. The van der Waals surface area contributed by atoms with Gasteiger partial charge < -0.3 is 9.47 Å². The minimum Gasteiger partial charge on any atom is -0.494 e. The maximum atomic E-state index is 12.0. The number of hydrogen-bond donors (Lipinski definition) is 0. The summed E-state index contributed by atoms with van der Waals surface area (Å²) in [5.74, 6) is 0.400. The van der Waals surface area contributed by atoms with Gasteiger partial charge in [-0.25, -0.2) is 4.79 Å². The highest BCUT2D eigenvalue weighted by Crippen LogP contribution is 2.40. The van der Waals surface area contributed by atoms with Crippen LogP contribution in [0.15, 0.2) is 48.7 Å². The molecule has 4 rings (SSSR count). The molecule has 1 aliphatic heterocycles. The Morgan fingerprint density at radius 2 is 2.05 bits per heavy atom. The molecular formula is C18H13NO3. The number of hydrogen-bond acceptors (Lipinski definition) is 4. The van der Waals surface area contributed by atoms with E-state index < -0.39 is 0 Å². The quantitative estimate of drug-likeness (QED) is 0.677. The smallest absolute Gasteiger partial charge is 0.338 e. The highest BCUT2D eigenvalue weighted by atomic mass is 16.5. The van der Waals surface area contributed by atoms with Gasteiger partial charge in [-0.05, 0) is 29.0 Å². The summed E-state index contributed by atoms with van der Waals surface area (Å²) in [6.45, 7) is 0.272. The average molecular weight is 291 g/mol. The fraction of sp³-hybridized carbons (Fsp3) is 0.111. The number of cyclic esters (lactones) is 1. The van der Waals surface area contributed by atoms with E-state index in [1.165, 1.54) is 0 Å². The number of esters is 1. The number of ether oxygens (including phenoxy) is 2. The second kappa shape index (κ2) is 4.84. The Kier molecular flexibility index (Phi) is 2.82. The zero-order valence-electron chi connectivity index (χ0n) is 12.0. The van der Waals surface area contributed by atoms with Crippen LogP contribution in [0.2, 0.25) is 0 Å². The van der Waals surface area contributed by atoms with Gasteiger partial charge in [-0.15, -0.1) is 0 Å². The molecule has 0 aliphatic carbocycles. The molecule has 0 saturated carbocycles. The summed E-state index contributed by atoms with van der Waals surface area (Å²) in [5, 5.41) is 2.03. The van der Waals surface area contributed by atoms with E-state index in [1.807, 2.05) is 42.5 Å². The van der Waals surface area contributed by atoms with E-state index in [2.05, 4.69) is 4.98 Å². The molecule has 0 N–H and O–H groups in total. The van der Waals surface area contributed by atoms with E-state index in [0.717, 1.165) is 27.6 Å². The zero-order valence-corrected chi connectivity index (χ0v) is 12.0. The molecule has 1 aliphatic rings. The maximum Gasteiger partial charge on any atom is 0.338 e. The van der Waals surface area contributed by atoms with Crippen LogP contribution in [-0.2, 0) is 11.3 Å². The first-order valence-corrected chi connectivity index (χ1v) is 7.00. The van der Waals surface area contributed by atoms with Crippen LogP contribution >= 0.6 is 0 Å². The molecule has 3 aromatic rings. The largest absolute Gasteiger partial charge is 0.494 e. The van der Waals surface area contributed by atoms with Crippen molar-refractivity contribution in [2.24, 2.45) is 0 Å². The number of carbonyl (C=O) groups excluding carboxylic acids is 1. The lowest BCUT2D eigenvalue weighted by atomic mass is 9.93. The monoisotopic (exact) mass is 291 g/mol. The van der Waals surface area contributed by atoms with Crippen molar-refractivity contribution in [2.75, 3.05) is 7.11 Å². The fourth-order valence-electron chi connectivity index (χ4n) is 2.95. The van der Waals surface area contributed by atoms with Crippen molar-refractivity contribution in [3.05, 3.63) is 59.8 Å². The van der Waals surface area contributed by atoms with Gasteiger partial charge in [-0.3, -0.25) is 4.98 Å². The lowest BCUT2D eigenvalue weighted by Crippen LogP contribution is -1.98. The number of pyridine rings is 1. The molecule has 0 fully saturated rings. The summed E-state index contributed by atoms with van der Waals surface area (Å²) in [5.41, 5.74) is 3.13. The van der Waals surface area contributed by atoms with Crippen molar-refractivity contribution in [1.82, 2.24) is 4.98 Å². The Hall–Kier alpha value is -2.88. The van der Waals surface area contributed by atoms with Crippen LogP contribution in [0.25, 0.3) is 22.0 Å². The topological polar surface area (TPSA) is 48.4 Å². The van der Waals surface area contributed by atoms with Crippen LogP contribution < -0.4 is 4.74 Å². The van der Waals surface area contributed by atoms with Crippen LogP contribution in [0.5, 0.6) is 5.75 Å². The molecule has 0 spiro atoms. The van der Waals surface area contributed by atoms with E-state index in [-0.39, 0.29) is 12.6 Å². The second-order valence-corrected chi connectivity index (χ2v) is 5.13. The maximum absolute atomic E-state index is 12.0. The molecule has 2 aromatic carbocycles. The number of methoxy groups -OCH3 is 1. The van der Waals surface area contributed by atoms with Gasteiger partial charge in [-0.2, -0.15) is 0 Å². The Bertz CT molecular complexity index is 902. The molecule has 0 atom stereocenters. The minimum absolute atomic E-state index is 0.272. The highest BCUT2D eigenvalue weighted by Gasteiger charge is 2.28. The van der Waals surface area contributed by atoms with Gasteiger partial charge in [0.25, 0.3) is 0 Å². The molecule has 22 heavy (non-hydrogen) atoms. The first kappa shape index (κ1) is 12.8. The molecule has 0 radical (unpaired) electrons. The molecular weight excluding hydrogens is 278 g/mol. The Morgan fingerprint density at radius 1 is 1.18 bits per heavy atom. The molecule has 0 saturated heterocycles. The van der Waals surface area contributed by atoms with Crippen LogP contribution in [0.1, 0.15) is 15.9 Å². The van der Waals surface area contributed by atoms with Gasteiger partial charge in [0.1, 0.15) is 18.1 Å². The zero-order chi connectivity index (χ0) is 15.1. The third-order valence-corrected chi connectivity index (χ3v) is 3.95. The Labute approximate surface area is 127 Å². The lowest BCUT2D eigenvalue weighted by Gasteiger charge is -2.13. The number of rotatable bonds is 2. The summed E-state index contributed by atoms with van der Waals surface area (Å²) in [7, 11) is 1.62. The molecule has 1 aromatic heterocycles. The van der Waals surface area contributed by atoms with Crippen LogP contribution in [0, 0.1) is 0 Å². The summed E-state index contributed by atoms with van der Waals surface area (Å²) >= 11 is 0. The van der Waals surface area contributed by atoms with Gasteiger partial charge in [0, 0.05) is 17.3 Å². The summed E-state index contributed by atoms with van der Waals surface area (Å²) in [4.78, 5) is 16.5. The van der Waals surface area contributed by atoms with E-state index in [4.69, 9.17) is 9.47 Å². The standard InChI is InChI=1S/C18H13NO3/c1-21-15-7-4-8-19-17(15)16-12-6-3-2-5-11(12)9-13-14(16)10-22-18(13)20/h2-9H,10H2,1H3. The number of aromatic nitrogens is 1. The van der Waals surface area contributed by atoms with Crippen molar-refractivity contribution in [2.45, 2.75) is 6.61 Å². The highest BCUT2D eigenvalue weighted by molar-refractivity contribution is 6.07. The number of nitrogens with zero attached hydrogens (tertiary/aromatic N) is 1. The van der Waals surface area contributed by atoms with Crippen LogP contribution in [0.4, 0.5) is 0 Å². The fourth-order valence-corrected chi connectivity index (χ4v) is 2.95. The van der Waals surface area contributed by atoms with Crippen molar-refractivity contribution in [1.29, 1.82) is 0 Å². The van der Waals surface area contributed by atoms with Gasteiger partial charge in [-0.1, -0.05) is 24.3 Å². The Balaban J connectivity index is 2.15. The predicted molar refractivity (Wildman–Crippen MR) is 82.9 cm³/mol. The second-order valence-electron chi connectivity index (χ2n) is 5.13. The molecule has 0 unspecified atom stereocenters. The van der Waals surface area contributed by atoms with Gasteiger partial charge in [0.05, 0.1) is 12.7 Å². The van der Waals surface area contributed by atoms with E-state index >= 15 is 0 Å². The number of fused-ring (bicyclic) bond motifs is 2. The van der Waals surface area contributed by atoms with Crippen LogP contribution in [-0.4, -0.2) is 18.1 Å². The molecule has 0 amide bonds. The van der Waals surface area contributed by atoms with Crippen molar-refractivity contribution in [3.8, 4) is 17.0 Å². The predicted octanol–water partition coefficient (Wildman–Crippen LogP) is 3.58. The Morgan fingerprint density at radius 3 is 2.91 bits per heavy atom. The average Bonchev–Trinajstić information content (AvgIpc) is 2.93. The van der Waals surface area contributed by atoms with Crippen molar-refractivity contribution < 1.29 is 14.3 Å². The number of benzene rings is 2. The molecule has 4 nitrogen and oxygen atoms in total. The first-order valence-electron chi connectivity index (χ1n) is 7.00. The summed E-state index contributed by atoms with van der Waals surface area (Å²) in [6.07, 6.45) is 1.73. The molecule has 0 bridgehead atoms. The minimum atomic E-state index is -0.281. The summed E-state index contributed by atoms with van der Waals surface area (Å²) < 4.78 is 10.7. The van der Waals surface area contributed by atoms with E-state index in [9.17, 15) is 4.79 Å². The lowest BCUT2D eigenvalue weighted by molar-refractivity contribution is 0.0535. The van der Waals surface area contributed by atoms with Crippen molar-refractivity contribution >= 4 is 16.7 Å². The van der Waals surface area contributed by atoms with E-state index in [0.29, 0.717) is 11.3 Å². The third-order valence-electron chi connectivity index (χ3n) is 3.95. The molecule has 2 heterocycles. The SMILES string of the molecule is COc1cccnc1-c1c2c(cc3ccccc13)C(=O)OC2. The third kappa shape index (κ3) is 1.77. The number of carbonyl (C=O) groups is 1. The summed E-state index contributed by atoms with van der Waals surface area (Å²) in [6, 6.07) is 13.5. The van der Waals surface area contributed by atoms with Crippen molar-refractivity contribution in [3.63, 3.8) is 0 Å². The van der Waals surface area contributed by atoms with E-state index in [1.54, 1.807) is 13.3 Å². The molecule has 4 heteroatoms. The van der Waals surface area contributed by atoms with Gasteiger partial charge >= 0.3 is 5.97 Å². The van der Waals surface area contributed by atoms with Gasteiger partial charge in [0.15, 0.2) is 0 Å². The van der Waals surface area contributed by atoms with Gasteiger partial charge in [0.2, 0.25) is 0 Å². The van der Waals surface area contributed by atoms with Crippen LogP contribution in [0.3, 0.4) is 0 Å².